The summed E-state index contributed by atoms with van der Waals surface area (Å²) in [6.45, 7) is 6.10. The number of hydrogen-bond donors (Lipinski definition) is 2. The van der Waals surface area contributed by atoms with Crippen molar-refractivity contribution in [2.75, 3.05) is 20.1 Å². The van der Waals surface area contributed by atoms with E-state index in [-0.39, 0.29) is 11.7 Å². The molecule has 0 saturated carbocycles. The number of nitrogens with zero attached hydrogens (tertiary/aromatic N) is 2. The maximum Gasteiger partial charge on any atom is 0.219 e. The van der Waals surface area contributed by atoms with E-state index < -0.39 is 0 Å². The Morgan fingerprint density at radius 1 is 1.25 bits per heavy atom. The van der Waals surface area contributed by atoms with Crippen LogP contribution in [0.25, 0.3) is 0 Å². The van der Waals surface area contributed by atoms with Crippen LogP contribution in [0.2, 0.25) is 0 Å². The Balaban J connectivity index is 2.40. The van der Waals surface area contributed by atoms with Gasteiger partial charge >= 0.3 is 0 Å². The van der Waals surface area contributed by atoms with Gasteiger partial charge < -0.3 is 16.0 Å². The van der Waals surface area contributed by atoms with Crippen molar-refractivity contribution in [1.82, 2.24) is 10.2 Å². The van der Waals surface area contributed by atoms with Gasteiger partial charge in [0.2, 0.25) is 5.91 Å². The number of hydrogen-bond acceptors (Lipinski definition) is 4. The third-order valence-corrected chi connectivity index (χ3v) is 4.12. The minimum absolute atomic E-state index is 0.00993. The van der Waals surface area contributed by atoms with Gasteiger partial charge in [-0.25, -0.2) is 4.99 Å². The first-order valence-electron chi connectivity index (χ1n) is 7.94. The van der Waals surface area contributed by atoms with E-state index in [4.69, 9.17) is 5.73 Å². The van der Waals surface area contributed by atoms with E-state index in [9.17, 15) is 9.59 Å². The summed E-state index contributed by atoms with van der Waals surface area (Å²) >= 11 is 0. The first-order chi connectivity index (χ1) is 11.3. The summed E-state index contributed by atoms with van der Waals surface area (Å²) < 4.78 is 0. The molecule has 1 aromatic rings. The lowest BCUT2D eigenvalue weighted by molar-refractivity contribution is -0.128. The number of amidine groups is 1. The quantitative estimate of drug-likeness (QED) is 0.502. The second-order valence-corrected chi connectivity index (χ2v) is 6.01. The standard InChI is InChI=1S/C18H24N4O2/c1-11-7-14(12(2)23)9-15(8-11)21-18(19)16-10-22(13(3)24)6-5-17(16)20-4/h7-9,20H,5-6,10H2,1-4H3,(H2,19,21). The predicted molar refractivity (Wildman–Crippen MR) is 95.4 cm³/mol. The molecule has 6 nitrogen and oxygen atoms in total. The Kier molecular flexibility index (Phi) is 5.39. The fourth-order valence-electron chi connectivity index (χ4n) is 2.78. The lowest BCUT2D eigenvalue weighted by atomic mass is 10.0. The van der Waals surface area contributed by atoms with Gasteiger partial charge in [-0.2, -0.15) is 0 Å². The summed E-state index contributed by atoms with van der Waals surface area (Å²) in [5.41, 5.74) is 10.2. The third-order valence-electron chi connectivity index (χ3n) is 4.12. The SMILES string of the molecule is CNC1=C(C(N)=Nc2cc(C)cc(C(C)=O)c2)CN(C(C)=O)CC1. The van der Waals surface area contributed by atoms with Gasteiger partial charge in [-0.05, 0) is 37.6 Å². The van der Waals surface area contributed by atoms with Gasteiger partial charge in [0.1, 0.15) is 5.84 Å². The third kappa shape index (κ3) is 4.01. The van der Waals surface area contributed by atoms with Crippen molar-refractivity contribution in [3.05, 3.63) is 40.6 Å². The second kappa shape index (κ2) is 7.29. The van der Waals surface area contributed by atoms with E-state index in [1.165, 1.54) is 6.92 Å². The highest BCUT2D eigenvalue weighted by atomic mass is 16.2. The number of aliphatic imine (C=N–C) groups is 1. The summed E-state index contributed by atoms with van der Waals surface area (Å²) in [4.78, 5) is 29.5. The number of Topliss-reactive ketones (excluding diaryl/α,β-unsaturated/α-hetero) is 1. The molecule has 1 aromatic carbocycles. The normalized spacial score (nSPS) is 15.5. The van der Waals surface area contributed by atoms with E-state index in [2.05, 4.69) is 10.3 Å². The average Bonchev–Trinajstić information content (AvgIpc) is 2.53. The Morgan fingerprint density at radius 2 is 1.96 bits per heavy atom. The van der Waals surface area contributed by atoms with E-state index in [1.807, 2.05) is 26.1 Å². The van der Waals surface area contributed by atoms with E-state index in [0.29, 0.717) is 36.6 Å². The molecule has 0 aromatic heterocycles. The van der Waals surface area contributed by atoms with Crippen LogP contribution in [-0.2, 0) is 4.79 Å². The average molecular weight is 328 g/mol. The van der Waals surface area contributed by atoms with Gasteiger partial charge in [-0.1, -0.05) is 0 Å². The smallest absolute Gasteiger partial charge is 0.219 e. The number of rotatable bonds is 4. The van der Waals surface area contributed by atoms with Crippen LogP contribution in [0.5, 0.6) is 0 Å². The summed E-state index contributed by atoms with van der Waals surface area (Å²) in [5.74, 6) is 0.375. The first-order valence-corrected chi connectivity index (χ1v) is 7.94. The van der Waals surface area contributed by atoms with Gasteiger partial charge in [-0.3, -0.25) is 9.59 Å². The summed E-state index contributed by atoms with van der Waals surface area (Å²) in [5, 5.41) is 3.15. The number of carbonyl (C=O) groups excluding carboxylic acids is 2. The number of aryl methyl sites for hydroxylation is 1. The molecule has 0 atom stereocenters. The molecule has 0 unspecified atom stereocenters. The first kappa shape index (κ1) is 17.7. The highest BCUT2D eigenvalue weighted by Gasteiger charge is 2.22. The molecule has 3 N–H and O–H groups in total. The summed E-state index contributed by atoms with van der Waals surface area (Å²) in [7, 11) is 1.84. The Hall–Kier alpha value is -2.63. The van der Waals surface area contributed by atoms with Gasteiger partial charge in [0.15, 0.2) is 5.78 Å². The zero-order chi connectivity index (χ0) is 17.9. The highest BCUT2D eigenvalue weighted by molar-refractivity contribution is 6.01. The molecule has 1 aliphatic rings. The topological polar surface area (TPSA) is 87.8 Å². The van der Waals surface area contributed by atoms with Crippen molar-refractivity contribution in [2.24, 2.45) is 10.7 Å². The monoisotopic (exact) mass is 328 g/mol. The molecule has 1 heterocycles. The van der Waals surface area contributed by atoms with Crippen LogP contribution in [0.4, 0.5) is 5.69 Å². The largest absolute Gasteiger partial charge is 0.391 e. The van der Waals surface area contributed by atoms with Gasteiger partial charge in [-0.15, -0.1) is 0 Å². The molecule has 0 spiro atoms. The van der Waals surface area contributed by atoms with Crippen molar-refractivity contribution >= 4 is 23.2 Å². The zero-order valence-corrected chi connectivity index (χ0v) is 14.6. The number of ketones is 1. The van der Waals surface area contributed by atoms with E-state index in [1.54, 1.807) is 17.9 Å². The predicted octanol–water partition coefficient (Wildman–Crippen LogP) is 1.91. The summed E-state index contributed by atoms with van der Waals surface area (Å²) in [6.07, 6.45) is 0.716. The molecule has 0 fully saturated rings. The van der Waals surface area contributed by atoms with E-state index >= 15 is 0 Å². The van der Waals surface area contributed by atoms with Crippen molar-refractivity contribution in [1.29, 1.82) is 0 Å². The van der Waals surface area contributed by atoms with Gasteiger partial charge in [0.05, 0.1) is 12.2 Å². The molecule has 24 heavy (non-hydrogen) atoms. The minimum atomic E-state index is -0.00993. The van der Waals surface area contributed by atoms with Crippen molar-refractivity contribution < 1.29 is 9.59 Å². The maximum absolute atomic E-state index is 11.6. The van der Waals surface area contributed by atoms with Crippen LogP contribution in [0.3, 0.4) is 0 Å². The molecule has 0 radical (unpaired) electrons. The number of nitrogens with one attached hydrogen (secondary N) is 1. The fraction of sp³-hybridized carbons (Fsp3) is 0.389. The van der Waals surface area contributed by atoms with Crippen molar-refractivity contribution in [3.63, 3.8) is 0 Å². The Bertz CT molecular complexity index is 735. The van der Waals surface area contributed by atoms with Crippen LogP contribution in [-0.4, -0.2) is 42.6 Å². The maximum atomic E-state index is 11.6. The van der Waals surface area contributed by atoms with E-state index in [0.717, 1.165) is 16.8 Å². The number of benzene rings is 1. The number of carbonyl (C=O) groups is 2. The molecule has 0 saturated heterocycles. The molecule has 128 valence electrons. The van der Waals surface area contributed by atoms with Crippen LogP contribution < -0.4 is 11.1 Å². The summed E-state index contributed by atoms with van der Waals surface area (Å²) in [6, 6.07) is 5.44. The molecule has 0 aliphatic carbocycles. The van der Waals surface area contributed by atoms with Gasteiger partial charge in [0.25, 0.3) is 0 Å². The number of amides is 1. The Labute approximate surface area is 142 Å². The van der Waals surface area contributed by atoms with Crippen molar-refractivity contribution in [2.45, 2.75) is 27.2 Å². The van der Waals surface area contributed by atoms with Crippen LogP contribution in [0.15, 0.2) is 34.5 Å². The molecule has 1 amide bonds. The van der Waals surface area contributed by atoms with Crippen LogP contribution in [0, 0.1) is 6.92 Å². The van der Waals surface area contributed by atoms with Crippen LogP contribution >= 0.6 is 0 Å². The van der Waals surface area contributed by atoms with Gasteiger partial charge in [0, 0.05) is 43.8 Å². The molecular formula is C18H24N4O2. The molecule has 2 rings (SSSR count). The lowest BCUT2D eigenvalue weighted by Gasteiger charge is -2.29. The molecule has 1 aliphatic heterocycles. The minimum Gasteiger partial charge on any atom is -0.391 e. The zero-order valence-electron chi connectivity index (χ0n) is 14.6. The van der Waals surface area contributed by atoms with Crippen LogP contribution in [0.1, 0.15) is 36.2 Å². The van der Waals surface area contributed by atoms with Crippen molar-refractivity contribution in [3.8, 4) is 0 Å². The molecule has 0 bridgehead atoms. The molecular weight excluding hydrogens is 304 g/mol. The number of nitrogens with two attached hydrogens (primary N) is 1. The Morgan fingerprint density at radius 3 is 2.54 bits per heavy atom. The lowest BCUT2D eigenvalue weighted by Crippen LogP contribution is -2.40. The highest BCUT2D eigenvalue weighted by Crippen LogP contribution is 2.21. The fourth-order valence-corrected chi connectivity index (χ4v) is 2.78. The molecule has 6 heteroatoms. The second-order valence-electron chi connectivity index (χ2n) is 6.01.